The van der Waals surface area contributed by atoms with Gasteiger partial charge in [-0.3, -0.25) is 0 Å². The van der Waals surface area contributed by atoms with Crippen molar-refractivity contribution in [3.8, 4) is 0 Å². The predicted molar refractivity (Wildman–Crippen MR) is 75.5 cm³/mol. The van der Waals surface area contributed by atoms with Crippen molar-refractivity contribution in [1.82, 2.24) is 4.81 Å². The molecule has 4 rings (SSSR count). The SMILES string of the molecule is [B]N1CCC2C(C1)c1cccc3c1N2CCN3C. The highest BCUT2D eigenvalue weighted by atomic mass is 15.3. The number of hydrogen-bond donors (Lipinski definition) is 0. The number of benzene rings is 1. The van der Waals surface area contributed by atoms with Crippen LogP contribution in [0.1, 0.15) is 17.9 Å². The Morgan fingerprint density at radius 1 is 1.22 bits per heavy atom. The van der Waals surface area contributed by atoms with Crippen molar-refractivity contribution in [3.63, 3.8) is 0 Å². The van der Waals surface area contributed by atoms with Gasteiger partial charge in [-0.2, -0.15) is 0 Å². The van der Waals surface area contributed by atoms with Crippen molar-refractivity contribution in [1.29, 1.82) is 0 Å². The van der Waals surface area contributed by atoms with Gasteiger partial charge in [0.2, 0.25) is 0 Å². The van der Waals surface area contributed by atoms with Gasteiger partial charge in [0.15, 0.2) is 7.98 Å². The molecule has 0 amide bonds. The van der Waals surface area contributed by atoms with E-state index in [1.807, 2.05) is 4.81 Å². The van der Waals surface area contributed by atoms with Crippen LogP contribution in [0.3, 0.4) is 0 Å². The molecule has 0 N–H and O–H groups in total. The van der Waals surface area contributed by atoms with Crippen molar-refractivity contribution < 1.29 is 0 Å². The fraction of sp³-hybridized carbons (Fsp3) is 0.571. The number of rotatable bonds is 0. The van der Waals surface area contributed by atoms with Gasteiger partial charge in [0.1, 0.15) is 0 Å². The van der Waals surface area contributed by atoms with Crippen LogP contribution in [0.25, 0.3) is 0 Å². The Morgan fingerprint density at radius 3 is 3.00 bits per heavy atom. The van der Waals surface area contributed by atoms with Gasteiger partial charge < -0.3 is 14.6 Å². The first-order valence-electron chi connectivity index (χ1n) is 6.86. The van der Waals surface area contributed by atoms with E-state index < -0.39 is 0 Å². The van der Waals surface area contributed by atoms with Crippen LogP contribution in [0.5, 0.6) is 0 Å². The summed E-state index contributed by atoms with van der Waals surface area (Å²) in [6.07, 6.45) is 1.19. The topological polar surface area (TPSA) is 9.72 Å². The molecule has 1 aromatic carbocycles. The summed E-state index contributed by atoms with van der Waals surface area (Å²) in [6, 6.07) is 7.43. The predicted octanol–water partition coefficient (Wildman–Crippen LogP) is 1.20. The first-order chi connectivity index (χ1) is 8.75. The van der Waals surface area contributed by atoms with Gasteiger partial charge in [0, 0.05) is 32.1 Å². The molecule has 3 nitrogen and oxygen atoms in total. The molecule has 0 aromatic heterocycles. The van der Waals surface area contributed by atoms with Crippen LogP contribution in [0.2, 0.25) is 0 Å². The van der Waals surface area contributed by atoms with Crippen LogP contribution >= 0.6 is 0 Å². The van der Waals surface area contributed by atoms with E-state index in [-0.39, 0.29) is 0 Å². The number of fused-ring (bicyclic) bond motifs is 3. The summed E-state index contributed by atoms with van der Waals surface area (Å²) in [5.41, 5.74) is 4.40. The summed E-state index contributed by atoms with van der Waals surface area (Å²) in [6.45, 7) is 4.32. The Kier molecular flexibility index (Phi) is 2.19. The molecule has 0 bridgehead atoms. The summed E-state index contributed by atoms with van der Waals surface area (Å²) >= 11 is 0. The molecule has 0 spiro atoms. The van der Waals surface area contributed by atoms with E-state index in [1.165, 1.54) is 23.4 Å². The van der Waals surface area contributed by atoms with Crippen molar-refractivity contribution in [2.45, 2.75) is 18.4 Å². The van der Waals surface area contributed by atoms with E-state index in [0.717, 1.165) is 26.2 Å². The van der Waals surface area contributed by atoms with E-state index in [0.29, 0.717) is 12.0 Å². The standard InChI is InChI=1S/C14H18BN3/c1-16-7-8-18-12-5-6-17(15)9-11(12)10-3-2-4-13(16)14(10)18/h2-4,11-12H,5-9H2,1H3. The van der Waals surface area contributed by atoms with Crippen molar-refractivity contribution in [2.75, 3.05) is 43.0 Å². The number of piperidine rings is 1. The summed E-state index contributed by atoms with van der Waals surface area (Å²) in [7, 11) is 8.22. The minimum atomic E-state index is 0.602. The number of hydrogen-bond acceptors (Lipinski definition) is 3. The fourth-order valence-electron chi connectivity index (χ4n) is 3.93. The molecule has 2 radical (unpaired) electrons. The molecule has 2 unspecified atom stereocenters. The maximum Gasteiger partial charge on any atom is 0.182 e. The average molecular weight is 239 g/mol. The Bertz CT molecular complexity index is 490. The van der Waals surface area contributed by atoms with E-state index in [4.69, 9.17) is 7.98 Å². The van der Waals surface area contributed by atoms with Crippen LogP contribution in [0.15, 0.2) is 18.2 Å². The summed E-state index contributed by atoms with van der Waals surface area (Å²) in [4.78, 5) is 7.01. The summed E-state index contributed by atoms with van der Waals surface area (Å²) in [5.74, 6) is 0.602. The lowest BCUT2D eigenvalue weighted by molar-refractivity contribution is 0.300. The monoisotopic (exact) mass is 239 g/mol. The van der Waals surface area contributed by atoms with Crippen LogP contribution in [0.4, 0.5) is 11.4 Å². The van der Waals surface area contributed by atoms with Gasteiger partial charge >= 0.3 is 0 Å². The maximum absolute atomic E-state index is 6.02. The lowest BCUT2D eigenvalue weighted by Crippen LogP contribution is -2.48. The molecule has 2 atom stereocenters. The zero-order valence-corrected chi connectivity index (χ0v) is 10.8. The van der Waals surface area contributed by atoms with Crippen LogP contribution < -0.4 is 9.80 Å². The van der Waals surface area contributed by atoms with Crippen LogP contribution in [0, 0.1) is 0 Å². The van der Waals surface area contributed by atoms with Crippen molar-refractivity contribution >= 4 is 19.4 Å². The van der Waals surface area contributed by atoms with Gasteiger partial charge in [-0.25, -0.2) is 0 Å². The van der Waals surface area contributed by atoms with Gasteiger partial charge in [-0.05, 0) is 31.1 Å². The number of anilines is 2. The normalized spacial score (nSPS) is 30.3. The fourth-order valence-corrected chi connectivity index (χ4v) is 3.93. The molecular formula is C14H18BN3. The largest absolute Gasteiger partial charge is 0.371 e. The van der Waals surface area contributed by atoms with Gasteiger partial charge in [0.25, 0.3) is 0 Å². The van der Waals surface area contributed by atoms with Crippen LogP contribution in [-0.4, -0.2) is 52.1 Å². The zero-order chi connectivity index (χ0) is 12.3. The Labute approximate surface area is 110 Å². The van der Waals surface area contributed by atoms with Crippen molar-refractivity contribution in [3.05, 3.63) is 23.8 Å². The second-order valence-electron chi connectivity index (χ2n) is 5.79. The van der Waals surface area contributed by atoms with Gasteiger partial charge in [-0.15, -0.1) is 0 Å². The Hall–Kier alpha value is -1.16. The molecule has 1 aromatic rings. The third-order valence-electron chi connectivity index (χ3n) is 4.83. The van der Waals surface area contributed by atoms with Crippen LogP contribution in [-0.2, 0) is 0 Å². The Balaban J connectivity index is 1.85. The highest BCUT2D eigenvalue weighted by Crippen LogP contribution is 2.50. The molecule has 1 fully saturated rings. The molecule has 18 heavy (non-hydrogen) atoms. The molecule has 92 valence electrons. The second kappa shape index (κ2) is 3.67. The number of para-hydroxylation sites is 1. The summed E-state index contributed by atoms with van der Waals surface area (Å²) < 4.78 is 0. The summed E-state index contributed by atoms with van der Waals surface area (Å²) in [5, 5.41) is 0. The zero-order valence-electron chi connectivity index (χ0n) is 10.8. The molecule has 0 aliphatic carbocycles. The minimum absolute atomic E-state index is 0.602. The van der Waals surface area contributed by atoms with E-state index in [2.05, 4.69) is 35.0 Å². The Morgan fingerprint density at radius 2 is 2.11 bits per heavy atom. The third kappa shape index (κ3) is 1.30. The molecule has 3 aliphatic rings. The molecule has 3 heterocycles. The first kappa shape index (κ1) is 10.7. The second-order valence-corrected chi connectivity index (χ2v) is 5.79. The quantitative estimate of drug-likeness (QED) is 0.630. The van der Waals surface area contributed by atoms with E-state index >= 15 is 0 Å². The molecule has 3 aliphatic heterocycles. The van der Waals surface area contributed by atoms with Gasteiger partial charge in [0.05, 0.1) is 11.4 Å². The smallest absolute Gasteiger partial charge is 0.182 e. The molecule has 1 saturated heterocycles. The minimum Gasteiger partial charge on any atom is -0.371 e. The number of nitrogens with zero attached hydrogens (tertiary/aromatic N) is 3. The van der Waals surface area contributed by atoms with E-state index in [1.54, 1.807) is 0 Å². The lowest BCUT2D eigenvalue weighted by Gasteiger charge is -2.41. The molecular weight excluding hydrogens is 221 g/mol. The van der Waals surface area contributed by atoms with E-state index in [9.17, 15) is 0 Å². The van der Waals surface area contributed by atoms with Gasteiger partial charge in [-0.1, -0.05) is 12.1 Å². The highest BCUT2D eigenvalue weighted by Gasteiger charge is 2.43. The first-order valence-corrected chi connectivity index (χ1v) is 6.86. The lowest BCUT2D eigenvalue weighted by atomic mass is 9.88. The molecule has 0 saturated carbocycles. The third-order valence-corrected chi connectivity index (χ3v) is 4.83. The van der Waals surface area contributed by atoms with Crippen molar-refractivity contribution in [2.24, 2.45) is 0 Å². The maximum atomic E-state index is 6.02. The molecule has 4 heteroatoms. The highest BCUT2D eigenvalue weighted by molar-refractivity contribution is 6.04. The number of likely N-dealkylation sites (N-methyl/N-ethyl adjacent to an activating group) is 1. The average Bonchev–Trinajstić information content (AvgIpc) is 2.69.